The number of nitrogens with zero attached hydrogens (tertiary/aromatic N) is 2. The maximum Gasteiger partial charge on any atom is 0.289 e. The Morgan fingerprint density at radius 2 is 1.86 bits per heavy atom. The number of methoxy groups -OCH3 is 1. The van der Waals surface area contributed by atoms with Crippen molar-refractivity contribution in [1.82, 2.24) is 15.6 Å². The van der Waals surface area contributed by atoms with E-state index in [-0.39, 0.29) is 5.91 Å². The molecule has 0 saturated heterocycles. The van der Waals surface area contributed by atoms with Crippen molar-refractivity contribution in [3.8, 4) is 17.0 Å². The van der Waals surface area contributed by atoms with E-state index in [4.69, 9.17) is 4.74 Å². The van der Waals surface area contributed by atoms with Crippen LogP contribution in [-0.4, -0.2) is 29.4 Å². The number of benzene rings is 3. The molecule has 4 rings (SSSR count). The summed E-state index contributed by atoms with van der Waals surface area (Å²) in [5.41, 5.74) is 5.28. The molecule has 28 heavy (non-hydrogen) atoms. The maximum atomic E-state index is 12.4. The summed E-state index contributed by atoms with van der Waals surface area (Å²) in [6.07, 6.45) is 1.54. The average molecular weight is 370 g/mol. The molecule has 1 heterocycles. The zero-order valence-corrected chi connectivity index (χ0v) is 15.2. The first kappa shape index (κ1) is 17.5. The number of hydrazone groups is 1. The lowest BCUT2D eigenvalue weighted by Gasteiger charge is -2.03. The number of amides is 1. The van der Waals surface area contributed by atoms with E-state index >= 15 is 0 Å². The van der Waals surface area contributed by atoms with Crippen molar-refractivity contribution < 1.29 is 9.53 Å². The number of carbonyl (C=O) groups is 1. The SMILES string of the molecule is COc1ccccc1C=NNC(=O)c1cc(-c2cccc3ccccc23)n[nH]1. The van der Waals surface area contributed by atoms with Gasteiger partial charge in [-0.25, -0.2) is 5.43 Å². The monoisotopic (exact) mass is 370 g/mol. The zero-order valence-electron chi connectivity index (χ0n) is 15.2. The summed E-state index contributed by atoms with van der Waals surface area (Å²) in [7, 11) is 1.59. The van der Waals surface area contributed by atoms with Crippen LogP contribution in [0.15, 0.2) is 77.9 Å². The quantitative estimate of drug-likeness (QED) is 0.412. The summed E-state index contributed by atoms with van der Waals surface area (Å²) in [6, 6.07) is 23.2. The Morgan fingerprint density at radius 1 is 1.07 bits per heavy atom. The van der Waals surface area contributed by atoms with Gasteiger partial charge in [-0.2, -0.15) is 10.2 Å². The molecule has 6 nitrogen and oxygen atoms in total. The summed E-state index contributed by atoms with van der Waals surface area (Å²) in [5.74, 6) is 0.311. The van der Waals surface area contributed by atoms with Gasteiger partial charge in [-0.15, -0.1) is 0 Å². The Labute approximate surface area is 161 Å². The molecule has 1 amide bonds. The molecule has 0 spiro atoms. The number of para-hydroxylation sites is 1. The van der Waals surface area contributed by atoms with Gasteiger partial charge in [0.2, 0.25) is 0 Å². The van der Waals surface area contributed by atoms with Crippen LogP contribution in [0.3, 0.4) is 0 Å². The second-order valence-electron chi connectivity index (χ2n) is 6.13. The predicted molar refractivity (Wildman–Crippen MR) is 110 cm³/mol. The van der Waals surface area contributed by atoms with Gasteiger partial charge in [0.05, 0.1) is 19.0 Å². The molecule has 3 aromatic carbocycles. The lowest BCUT2D eigenvalue weighted by Crippen LogP contribution is -2.18. The van der Waals surface area contributed by atoms with Crippen molar-refractivity contribution in [2.75, 3.05) is 7.11 Å². The molecular formula is C22H18N4O2. The Bertz CT molecular complexity index is 1160. The van der Waals surface area contributed by atoms with Gasteiger partial charge < -0.3 is 4.74 Å². The summed E-state index contributed by atoms with van der Waals surface area (Å²) in [5, 5.41) is 13.3. The summed E-state index contributed by atoms with van der Waals surface area (Å²) >= 11 is 0. The van der Waals surface area contributed by atoms with Crippen LogP contribution in [0.25, 0.3) is 22.0 Å². The van der Waals surface area contributed by atoms with Gasteiger partial charge in [0, 0.05) is 11.1 Å². The van der Waals surface area contributed by atoms with Crippen LogP contribution in [-0.2, 0) is 0 Å². The first-order valence-electron chi connectivity index (χ1n) is 8.76. The molecule has 0 radical (unpaired) electrons. The molecule has 0 aliphatic heterocycles. The largest absolute Gasteiger partial charge is 0.496 e. The highest BCUT2D eigenvalue weighted by Gasteiger charge is 2.12. The normalized spacial score (nSPS) is 11.0. The molecule has 1 aromatic heterocycles. The van der Waals surface area contributed by atoms with E-state index in [2.05, 4.69) is 20.7 Å². The average Bonchev–Trinajstić information content (AvgIpc) is 3.24. The van der Waals surface area contributed by atoms with E-state index in [9.17, 15) is 4.79 Å². The lowest BCUT2D eigenvalue weighted by atomic mass is 10.0. The number of rotatable bonds is 5. The number of fused-ring (bicyclic) bond motifs is 1. The molecule has 0 saturated carbocycles. The molecule has 0 atom stereocenters. The number of hydrogen-bond acceptors (Lipinski definition) is 4. The number of nitrogens with one attached hydrogen (secondary N) is 2. The van der Waals surface area contributed by atoms with E-state index in [0.29, 0.717) is 17.1 Å². The topological polar surface area (TPSA) is 79.4 Å². The molecule has 0 aliphatic carbocycles. The number of ether oxygens (including phenoxy) is 1. The van der Waals surface area contributed by atoms with E-state index in [1.807, 2.05) is 66.7 Å². The van der Waals surface area contributed by atoms with Gasteiger partial charge >= 0.3 is 0 Å². The number of hydrogen-bond donors (Lipinski definition) is 2. The predicted octanol–water partition coefficient (Wildman–Crippen LogP) is 4.00. The molecule has 2 N–H and O–H groups in total. The third kappa shape index (κ3) is 3.48. The smallest absolute Gasteiger partial charge is 0.289 e. The van der Waals surface area contributed by atoms with Gasteiger partial charge in [-0.05, 0) is 29.0 Å². The van der Waals surface area contributed by atoms with Crippen molar-refractivity contribution in [1.29, 1.82) is 0 Å². The number of aromatic nitrogens is 2. The van der Waals surface area contributed by atoms with Crippen molar-refractivity contribution in [2.24, 2.45) is 5.10 Å². The van der Waals surface area contributed by atoms with Gasteiger partial charge in [-0.3, -0.25) is 9.89 Å². The first-order chi connectivity index (χ1) is 13.8. The van der Waals surface area contributed by atoms with E-state index in [0.717, 1.165) is 21.9 Å². The van der Waals surface area contributed by atoms with E-state index in [1.165, 1.54) is 0 Å². The van der Waals surface area contributed by atoms with Crippen LogP contribution in [0.2, 0.25) is 0 Å². The lowest BCUT2D eigenvalue weighted by molar-refractivity contribution is 0.0950. The molecule has 0 fully saturated rings. The van der Waals surface area contributed by atoms with Crippen LogP contribution >= 0.6 is 0 Å². The minimum atomic E-state index is -0.370. The second kappa shape index (κ2) is 7.75. The molecule has 0 unspecified atom stereocenters. The fourth-order valence-corrected chi connectivity index (χ4v) is 3.02. The molecule has 6 heteroatoms. The van der Waals surface area contributed by atoms with E-state index in [1.54, 1.807) is 19.4 Å². The fourth-order valence-electron chi connectivity index (χ4n) is 3.02. The second-order valence-corrected chi connectivity index (χ2v) is 6.13. The maximum absolute atomic E-state index is 12.4. The summed E-state index contributed by atoms with van der Waals surface area (Å²) < 4.78 is 5.25. The third-order valence-corrected chi connectivity index (χ3v) is 4.40. The van der Waals surface area contributed by atoms with E-state index < -0.39 is 0 Å². The van der Waals surface area contributed by atoms with Crippen molar-refractivity contribution in [3.63, 3.8) is 0 Å². The highest BCUT2D eigenvalue weighted by molar-refractivity contribution is 5.98. The van der Waals surface area contributed by atoms with Crippen molar-refractivity contribution in [2.45, 2.75) is 0 Å². The number of H-pyrrole nitrogens is 1. The molecule has 0 aliphatic rings. The first-order valence-corrected chi connectivity index (χ1v) is 8.76. The van der Waals surface area contributed by atoms with Crippen LogP contribution in [0.1, 0.15) is 16.1 Å². The van der Waals surface area contributed by atoms with Crippen molar-refractivity contribution >= 4 is 22.9 Å². The molecule has 4 aromatic rings. The third-order valence-electron chi connectivity index (χ3n) is 4.40. The highest BCUT2D eigenvalue weighted by Crippen LogP contribution is 2.27. The fraction of sp³-hybridized carbons (Fsp3) is 0.0455. The molecular weight excluding hydrogens is 352 g/mol. The minimum Gasteiger partial charge on any atom is -0.496 e. The van der Waals surface area contributed by atoms with Crippen LogP contribution in [0, 0.1) is 0 Å². The zero-order chi connectivity index (χ0) is 19.3. The van der Waals surface area contributed by atoms with Crippen LogP contribution in [0.4, 0.5) is 0 Å². The molecule has 138 valence electrons. The number of carbonyl (C=O) groups excluding carboxylic acids is 1. The Morgan fingerprint density at radius 3 is 2.75 bits per heavy atom. The van der Waals surface area contributed by atoms with Crippen molar-refractivity contribution in [3.05, 3.63) is 84.1 Å². The van der Waals surface area contributed by atoms with Gasteiger partial charge in [-0.1, -0.05) is 54.6 Å². The van der Waals surface area contributed by atoms with Gasteiger partial charge in [0.1, 0.15) is 11.4 Å². The van der Waals surface area contributed by atoms with Crippen LogP contribution in [0.5, 0.6) is 5.75 Å². The Hall–Kier alpha value is -3.93. The number of aromatic amines is 1. The van der Waals surface area contributed by atoms with Crippen LogP contribution < -0.4 is 10.2 Å². The standard InChI is InChI=1S/C22H18N4O2/c1-28-21-12-5-3-8-16(21)14-23-26-22(27)20-13-19(24-25-20)18-11-6-9-15-7-2-4-10-17(15)18/h2-14H,1H3,(H,24,25)(H,26,27). The summed E-state index contributed by atoms with van der Waals surface area (Å²) in [4.78, 5) is 12.4. The minimum absolute atomic E-state index is 0.333. The van der Waals surface area contributed by atoms with Gasteiger partial charge in [0.15, 0.2) is 0 Å². The Balaban J connectivity index is 1.52. The molecule has 0 bridgehead atoms. The Kier molecular flexibility index (Phi) is 4.84. The van der Waals surface area contributed by atoms with Gasteiger partial charge in [0.25, 0.3) is 5.91 Å². The summed E-state index contributed by atoms with van der Waals surface area (Å²) in [6.45, 7) is 0. The highest BCUT2D eigenvalue weighted by atomic mass is 16.5.